The Morgan fingerprint density at radius 1 is 1.16 bits per heavy atom. The molecule has 2 rings (SSSR count). The smallest absolute Gasteiger partial charge is 0.284 e. The molecule has 0 atom stereocenters. The highest BCUT2D eigenvalue weighted by Gasteiger charge is 2.09. The summed E-state index contributed by atoms with van der Waals surface area (Å²) in [4.78, 5) is 19.8. The van der Waals surface area contributed by atoms with E-state index in [1.807, 2.05) is 12.1 Å². The fraction of sp³-hybridized carbons (Fsp3) is 0.0769. The van der Waals surface area contributed by atoms with Gasteiger partial charge in [0.15, 0.2) is 4.99 Å². The molecule has 2 aromatic heterocycles. The second kappa shape index (κ2) is 6.55. The lowest BCUT2D eigenvalue weighted by Gasteiger charge is -2.08. The molecule has 19 heavy (non-hydrogen) atoms. The second-order valence-electron chi connectivity index (χ2n) is 3.71. The normalized spacial score (nSPS) is 9.68. The zero-order chi connectivity index (χ0) is 13.5. The van der Waals surface area contributed by atoms with Crippen LogP contribution in [0.1, 0.15) is 5.56 Å². The summed E-state index contributed by atoms with van der Waals surface area (Å²) < 4.78 is 0. The quantitative estimate of drug-likeness (QED) is 0.830. The summed E-state index contributed by atoms with van der Waals surface area (Å²) in [5.41, 5.74) is 1.00. The molecule has 1 amide bonds. The zero-order valence-corrected chi connectivity index (χ0v) is 10.9. The van der Waals surface area contributed by atoms with Crippen molar-refractivity contribution in [3.05, 3.63) is 54.5 Å². The van der Waals surface area contributed by atoms with Crippen molar-refractivity contribution in [2.24, 2.45) is 0 Å². The molecule has 0 aliphatic rings. The van der Waals surface area contributed by atoms with Crippen molar-refractivity contribution < 1.29 is 4.79 Å². The molecule has 96 valence electrons. The average molecular weight is 272 g/mol. The maximum Gasteiger partial charge on any atom is 0.284 e. The number of carbonyl (C=O) groups is 1. The number of nitrogens with one attached hydrogen (secondary N) is 2. The van der Waals surface area contributed by atoms with Crippen LogP contribution in [0.4, 0.5) is 5.82 Å². The minimum atomic E-state index is -0.372. The number of aromatic nitrogens is 2. The first kappa shape index (κ1) is 13.1. The van der Waals surface area contributed by atoms with Gasteiger partial charge < -0.3 is 10.6 Å². The van der Waals surface area contributed by atoms with Gasteiger partial charge in [0, 0.05) is 25.1 Å². The van der Waals surface area contributed by atoms with Gasteiger partial charge in [-0.15, -0.1) is 0 Å². The van der Waals surface area contributed by atoms with E-state index in [1.165, 1.54) is 0 Å². The van der Waals surface area contributed by atoms with Crippen molar-refractivity contribution in [3.63, 3.8) is 0 Å². The molecule has 2 N–H and O–H groups in total. The SMILES string of the molecule is O=C(Nc1ccccn1)C(=S)NCc1ccncc1. The molecule has 0 aliphatic carbocycles. The van der Waals surface area contributed by atoms with E-state index in [9.17, 15) is 4.79 Å². The molecule has 0 aromatic carbocycles. The van der Waals surface area contributed by atoms with Crippen molar-refractivity contribution >= 4 is 28.9 Å². The molecule has 0 radical (unpaired) electrons. The van der Waals surface area contributed by atoms with Crippen molar-refractivity contribution in [1.29, 1.82) is 0 Å². The fourth-order valence-electron chi connectivity index (χ4n) is 1.37. The minimum Gasteiger partial charge on any atom is -0.368 e. The molecule has 2 heterocycles. The van der Waals surface area contributed by atoms with Crippen LogP contribution < -0.4 is 10.6 Å². The molecule has 6 heteroatoms. The van der Waals surface area contributed by atoms with Gasteiger partial charge in [0.05, 0.1) is 0 Å². The molecular weight excluding hydrogens is 260 g/mol. The third-order valence-electron chi connectivity index (χ3n) is 2.32. The molecule has 5 nitrogen and oxygen atoms in total. The van der Waals surface area contributed by atoms with Crippen molar-refractivity contribution in [2.45, 2.75) is 6.54 Å². The van der Waals surface area contributed by atoms with E-state index < -0.39 is 0 Å². The van der Waals surface area contributed by atoms with Crippen LogP contribution in [0.25, 0.3) is 0 Å². The van der Waals surface area contributed by atoms with E-state index >= 15 is 0 Å². The van der Waals surface area contributed by atoms with Gasteiger partial charge >= 0.3 is 0 Å². The van der Waals surface area contributed by atoms with Crippen LogP contribution >= 0.6 is 12.2 Å². The number of rotatable bonds is 3. The number of amides is 1. The first-order chi connectivity index (χ1) is 9.25. The summed E-state index contributed by atoms with van der Waals surface area (Å²) in [5.74, 6) is 0.100. The molecule has 2 aromatic rings. The molecule has 0 fully saturated rings. The van der Waals surface area contributed by atoms with E-state index in [0.717, 1.165) is 5.56 Å². The van der Waals surface area contributed by atoms with E-state index in [1.54, 1.807) is 36.8 Å². The molecule has 0 unspecified atom stereocenters. The predicted molar refractivity (Wildman–Crippen MR) is 76.5 cm³/mol. The van der Waals surface area contributed by atoms with E-state index in [4.69, 9.17) is 12.2 Å². The molecule has 0 saturated heterocycles. The fourth-order valence-corrected chi connectivity index (χ4v) is 1.50. The van der Waals surface area contributed by atoms with Gasteiger partial charge in [-0.3, -0.25) is 9.78 Å². The van der Waals surface area contributed by atoms with Crippen LogP contribution in [0, 0.1) is 0 Å². The number of pyridine rings is 2. The maximum atomic E-state index is 11.8. The lowest BCUT2D eigenvalue weighted by Crippen LogP contribution is -2.33. The van der Waals surface area contributed by atoms with E-state index in [2.05, 4.69) is 20.6 Å². The zero-order valence-electron chi connectivity index (χ0n) is 10.0. The standard InChI is InChI=1S/C13H12N4OS/c18-12(17-11-3-1-2-6-15-11)13(19)16-9-10-4-7-14-8-5-10/h1-8H,9H2,(H,16,19)(H,15,17,18). The van der Waals surface area contributed by atoms with Gasteiger partial charge in [-0.25, -0.2) is 4.98 Å². The van der Waals surface area contributed by atoms with Gasteiger partial charge in [-0.1, -0.05) is 18.3 Å². The summed E-state index contributed by atoms with van der Waals surface area (Å²) in [7, 11) is 0. The molecule has 0 spiro atoms. The van der Waals surface area contributed by atoms with Crippen LogP contribution in [0.15, 0.2) is 48.9 Å². The lowest BCUT2D eigenvalue weighted by molar-refractivity contribution is -0.110. The van der Waals surface area contributed by atoms with Crippen molar-refractivity contribution in [3.8, 4) is 0 Å². The Labute approximate surface area is 116 Å². The Morgan fingerprint density at radius 2 is 1.95 bits per heavy atom. The van der Waals surface area contributed by atoms with Crippen LogP contribution in [0.3, 0.4) is 0 Å². The lowest BCUT2D eigenvalue weighted by atomic mass is 10.3. The molecule has 0 bridgehead atoms. The Hall–Kier alpha value is -2.34. The van der Waals surface area contributed by atoms with Crippen LogP contribution in [-0.2, 0) is 11.3 Å². The van der Waals surface area contributed by atoms with E-state index in [0.29, 0.717) is 12.4 Å². The number of thiocarbonyl (C=S) groups is 1. The van der Waals surface area contributed by atoms with Gasteiger partial charge in [0.2, 0.25) is 0 Å². The van der Waals surface area contributed by atoms with E-state index in [-0.39, 0.29) is 10.9 Å². The molecule has 0 saturated carbocycles. The van der Waals surface area contributed by atoms with Gasteiger partial charge in [-0.05, 0) is 29.8 Å². The second-order valence-corrected chi connectivity index (χ2v) is 4.12. The number of nitrogens with zero attached hydrogens (tertiary/aromatic N) is 2. The third-order valence-corrected chi connectivity index (χ3v) is 2.64. The first-order valence-corrected chi connectivity index (χ1v) is 6.05. The van der Waals surface area contributed by atoms with Gasteiger partial charge in [-0.2, -0.15) is 0 Å². The Kier molecular flexibility index (Phi) is 4.52. The minimum absolute atomic E-state index is 0.127. The highest BCUT2D eigenvalue weighted by atomic mass is 32.1. The summed E-state index contributed by atoms with van der Waals surface area (Å²) in [6.45, 7) is 0.483. The summed E-state index contributed by atoms with van der Waals surface area (Å²) in [5, 5.41) is 5.49. The molecule has 0 aliphatic heterocycles. The molecular formula is C13H12N4OS. The highest BCUT2D eigenvalue weighted by Crippen LogP contribution is 2.00. The van der Waals surface area contributed by atoms with Crippen molar-refractivity contribution in [2.75, 3.05) is 5.32 Å². The Balaban J connectivity index is 1.85. The van der Waals surface area contributed by atoms with Crippen LogP contribution in [0.5, 0.6) is 0 Å². The van der Waals surface area contributed by atoms with Gasteiger partial charge in [0.1, 0.15) is 5.82 Å². The number of hydrogen-bond acceptors (Lipinski definition) is 4. The van der Waals surface area contributed by atoms with Crippen LogP contribution in [-0.4, -0.2) is 20.9 Å². The third kappa shape index (κ3) is 4.11. The monoisotopic (exact) mass is 272 g/mol. The summed E-state index contributed by atoms with van der Waals surface area (Å²) in [6.07, 6.45) is 4.98. The number of anilines is 1. The number of carbonyl (C=O) groups excluding carboxylic acids is 1. The summed E-state index contributed by atoms with van der Waals surface area (Å²) in [6, 6.07) is 8.97. The summed E-state index contributed by atoms with van der Waals surface area (Å²) >= 11 is 5.01. The largest absolute Gasteiger partial charge is 0.368 e. The first-order valence-electron chi connectivity index (χ1n) is 5.65. The van der Waals surface area contributed by atoms with Gasteiger partial charge in [0.25, 0.3) is 5.91 Å². The Morgan fingerprint density at radius 3 is 2.63 bits per heavy atom. The number of hydrogen-bond donors (Lipinski definition) is 2. The highest BCUT2D eigenvalue weighted by molar-refractivity contribution is 7.82. The topological polar surface area (TPSA) is 66.9 Å². The average Bonchev–Trinajstić information content (AvgIpc) is 2.47. The Bertz CT molecular complexity index is 559. The van der Waals surface area contributed by atoms with Crippen LogP contribution in [0.2, 0.25) is 0 Å². The van der Waals surface area contributed by atoms with Crippen molar-refractivity contribution in [1.82, 2.24) is 15.3 Å². The predicted octanol–water partition coefficient (Wildman–Crippen LogP) is 1.53. The maximum absolute atomic E-state index is 11.8.